The third-order valence-electron chi connectivity index (χ3n) is 3.83. The van der Waals surface area contributed by atoms with Gasteiger partial charge in [0.15, 0.2) is 0 Å². The molecule has 5 heteroatoms. The maximum atomic E-state index is 10.6. The fourth-order valence-corrected chi connectivity index (χ4v) is 2.78. The first-order chi connectivity index (χ1) is 9.13. The largest absolute Gasteiger partial charge is 0.481 e. The third kappa shape index (κ3) is 2.43. The molecule has 0 amide bonds. The molecule has 1 fully saturated rings. The van der Waals surface area contributed by atoms with Crippen LogP contribution in [0.2, 0.25) is 0 Å². The SMILES string of the molecule is O=C(O)CCc1ccc2c(c1)[C@H]1CC(N2)[C@H](O)CO1. The van der Waals surface area contributed by atoms with Crippen molar-refractivity contribution in [2.24, 2.45) is 0 Å². The van der Waals surface area contributed by atoms with Gasteiger partial charge < -0.3 is 20.3 Å². The van der Waals surface area contributed by atoms with E-state index >= 15 is 0 Å². The molecule has 3 N–H and O–H groups in total. The second-order valence-electron chi connectivity index (χ2n) is 5.19. The van der Waals surface area contributed by atoms with Crippen LogP contribution in [0.1, 0.15) is 30.1 Å². The summed E-state index contributed by atoms with van der Waals surface area (Å²) in [5, 5.41) is 21.8. The Morgan fingerprint density at radius 2 is 2.32 bits per heavy atom. The minimum absolute atomic E-state index is 0.00873. The minimum Gasteiger partial charge on any atom is -0.481 e. The predicted molar refractivity (Wildman–Crippen MR) is 69.1 cm³/mol. The number of carbonyl (C=O) groups is 1. The van der Waals surface area contributed by atoms with Crippen LogP contribution in [0.4, 0.5) is 5.69 Å². The van der Waals surface area contributed by atoms with E-state index in [9.17, 15) is 9.90 Å². The van der Waals surface area contributed by atoms with Crippen molar-refractivity contribution in [1.82, 2.24) is 0 Å². The third-order valence-corrected chi connectivity index (χ3v) is 3.83. The summed E-state index contributed by atoms with van der Waals surface area (Å²) in [4.78, 5) is 10.6. The molecule has 0 radical (unpaired) electrons. The summed E-state index contributed by atoms with van der Waals surface area (Å²) in [5.41, 5.74) is 3.07. The zero-order valence-corrected chi connectivity index (χ0v) is 10.5. The van der Waals surface area contributed by atoms with Crippen LogP contribution in [0.15, 0.2) is 18.2 Å². The molecule has 3 rings (SSSR count). The molecule has 0 spiro atoms. The highest BCUT2D eigenvalue weighted by atomic mass is 16.5. The van der Waals surface area contributed by atoms with Crippen LogP contribution in [0.5, 0.6) is 0 Å². The molecule has 0 saturated carbocycles. The quantitative estimate of drug-likeness (QED) is 0.766. The fraction of sp³-hybridized carbons (Fsp3) is 0.500. The number of aliphatic hydroxyl groups excluding tert-OH is 1. The van der Waals surface area contributed by atoms with Crippen LogP contribution < -0.4 is 5.32 Å². The Labute approximate surface area is 111 Å². The topological polar surface area (TPSA) is 78.8 Å². The Kier molecular flexibility index (Phi) is 3.16. The Balaban J connectivity index is 1.83. The average molecular weight is 263 g/mol. The summed E-state index contributed by atoms with van der Waals surface area (Å²) in [6, 6.07) is 5.95. The van der Waals surface area contributed by atoms with E-state index in [-0.39, 0.29) is 18.6 Å². The lowest BCUT2D eigenvalue weighted by molar-refractivity contribution is -0.136. The molecule has 2 bridgehead atoms. The summed E-state index contributed by atoms with van der Waals surface area (Å²) < 4.78 is 5.66. The van der Waals surface area contributed by atoms with E-state index in [1.807, 2.05) is 18.2 Å². The summed E-state index contributed by atoms with van der Waals surface area (Å²) in [7, 11) is 0. The molecule has 1 saturated heterocycles. The highest BCUT2D eigenvalue weighted by Crippen LogP contribution is 2.39. The number of rotatable bonds is 3. The van der Waals surface area contributed by atoms with Gasteiger partial charge in [0.2, 0.25) is 0 Å². The Bertz CT molecular complexity index is 502. The van der Waals surface area contributed by atoms with Gasteiger partial charge in [0.1, 0.15) is 0 Å². The number of hydrogen-bond donors (Lipinski definition) is 3. The number of nitrogens with one attached hydrogen (secondary N) is 1. The van der Waals surface area contributed by atoms with Crippen LogP contribution >= 0.6 is 0 Å². The molecule has 0 aliphatic carbocycles. The molecule has 0 aromatic heterocycles. The molecule has 2 heterocycles. The van der Waals surface area contributed by atoms with Crippen molar-refractivity contribution in [2.75, 3.05) is 11.9 Å². The van der Waals surface area contributed by atoms with Crippen LogP contribution in [0.25, 0.3) is 0 Å². The van der Waals surface area contributed by atoms with E-state index in [0.717, 1.165) is 23.2 Å². The molecular weight excluding hydrogens is 246 g/mol. The first-order valence-electron chi connectivity index (χ1n) is 6.54. The van der Waals surface area contributed by atoms with Gasteiger partial charge in [-0.25, -0.2) is 0 Å². The van der Waals surface area contributed by atoms with Gasteiger partial charge in [0.25, 0.3) is 0 Å². The van der Waals surface area contributed by atoms with Gasteiger partial charge in [-0.1, -0.05) is 12.1 Å². The molecule has 2 aliphatic rings. The number of aliphatic carboxylic acids is 1. The van der Waals surface area contributed by atoms with E-state index in [4.69, 9.17) is 9.84 Å². The van der Waals surface area contributed by atoms with E-state index in [1.165, 1.54) is 0 Å². The number of ether oxygens (including phenoxy) is 1. The van der Waals surface area contributed by atoms with Crippen LogP contribution in [0.3, 0.4) is 0 Å². The summed E-state index contributed by atoms with van der Waals surface area (Å²) >= 11 is 0. The predicted octanol–water partition coefficient (Wildman–Crippen LogP) is 1.32. The van der Waals surface area contributed by atoms with Gasteiger partial charge in [0, 0.05) is 24.1 Å². The number of aryl methyl sites for hydroxylation is 1. The number of carboxylic acid groups (broad SMARTS) is 1. The minimum atomic E-state index is -0.784. The van der Waals surface area contributed by atoms with E-state index in [2.05, 4.69) is 5.32 Å². The van der Waals surface area contributed by atoms with Gasteiger partial charge in [0.05, 0.1) is 24.9 Å². The first-order valence-corrected chi connectivity index (χ1v) is 6.54. The molecule has 3 atom stereocenters. The zero-order chi connectivity index (χ0) is 13.4. The second-order valence-corrected chi connectivity index (χ2v) is 5.19. The number of fused-ring (bicyclic) bond motifs is 4. The fourth-order valence-electron chi connectivity index (χ4n) is 2.78. The average Bonchev–Trinajstić information content (AvgIpc) is 2.41. The maximum Gasteiger partial charge on any atom is 0.303 e. The number of anilines is 1. The monoisotopic (exact) mass is 263 g/mol. The number of aliphatic hydroxyl groups is 1. The van der Waals surface area contributed by atoms with Crippen LogP contribution in [-0.2, 0) is 16.0 Å². The van der Waals surface area contributed by atoms with Crippen molar-refractivity contribution in [3.05, 3.63) is 29.3 Å². The highest BCUT2D eigenvalue weighted by Gasteiger charge is 2.36. The lowest BCUT2D eigenvalue weighted by Crippen LogP contribution is -2.45. The normalized spacial score (nSPS) is 28.4. The Morgan fingerprint density at radius 3 is 3.11 bits per heavy atom. The van der Waals surface area contributed by atoms with Gasteiger partial charge in [-0.3, -0.25) is 4.79 Å². The molecule has 1 unspecified atom stereocenters. The summed E-state index contributed by atoms with van der Waals surface area (Å²) in [5.74, 6) is -0.784. The van der Waals surface area contributed by atoms with Gasteiger partial charge >= 0.3 is 5.97 Å². The molecule has 2 aliphatic heterocycles. The van der Waals surface area contributed by atoms with Crippen LogP contribution in [0, 0.1) is 0 Å². The van der Waals surface area contributed by atoms with Gasteiger partial charge in [-0.15, -0.1) is 0 Å². The Morgan fingerprint density at radius 1 is 1.47 bits per heavy atom. The van der Waals surface area contributed by atoms with Crippen molar-refractivity contribution in [3.8, 4) is 0 Å². The van der Waals surface area contributed by atoms with Crippen molar-refractivity contribution in [3.63, 3.8) is 0 Å². The molecule has 19 heavy (non-hydrogen) atoms. The maximum absolute atomic E-state index is 10.6. The smallest absolute Gasteiger partial charge is 0.303 e. The summed E-state index contributed by atoms with van der Waals surface area (Å²) in [6.07, 6.45) is 0.974. The second kappa shape index (κ2) is 4.83. The lowest BCUT2D eigenvalue weighted by Gasteiger charge is -2.40. The van der Waals surface area contributed by atoms with E-state index in [0.29, 0.717) is 13.0 Å². The molecule has 102 valence electrons. The standard InChI is InChI=1S/C14H17NO4/c16-12-7-19-13-6-11(12)15-10-3-1-8(5-9(10)13)2-4-14(17)18/h1,3,5,11-13,15-16H,2,4,6-7H2,(H,17,18)/t11?,12-,13-/m1/s1. The zero-order valence-electron chi connectivity index (χ0n) is 10.5. The number of carboxylic acids is 1. The number of hydrogen-bond acceptors (Lipinski definition) is 4. The van der Waals surface area contributed by atoms with Gasteiger partial charge in [-0.05, 0) is 18.1 Å². The summed E-state index contributed by atoms with van der Waals surface area (Å²) in [6.45, 7) is 0.348. The number of benzene rings is 1. The van der Waals surface area contributed by atoms with Crippen molar-refractivity contribution in [1.29, 1.82) is 0 Å². The first kappa shape index (κ1) is 12.4. The van der Waals surface area contributed by atoms with E-state index in [1.54, 1.807) is 0 Å². The van der Waals surface area contributed by atoms with Crippen molar-refractivity contribution < 1.29 is 19.7 Å². The van der Waals surface area contributed by atoms with Crippen molar-refractivity contribution in [2.45, 2.75) is 37.5 Å². The molecular formula is C14H17NO4. The lowest BCUT2D eigenvalue weighted by atomic mass is 9.88. The molecule has 1 aromatic rings. The Hall–Kier alpha value is -1.59. The van der Waals surface area contributed by atoms with Gasteiger partial charge in [-0.2, -0.15) is 0 Å². The highest BCUT2D eigenvalue weighted by molar-refractivity contribution is 5.67. The van der Waals surface area contributed by atoms with Crippen molar-refractivity contribution >= 4 is 11.7 Å². The van der Waals surface area contributed by atoms with E-state index < -0.39 is 12.1 Å². The molecule has 5 nitrogen and oxygen atoms in total. The van der Waals surface area contributed by atoms with Crippen LogP contribution in [-0.4, -0.2) is 34.9 Å². The molecule has 1 aromatic carbocycles.